The first-order valence-corrected chi connectivity index (χ1v) is 13.0. The molecule has 1 fully saturated rings. The lowest BCUT2D eigenvalue weighted by molar-refractivity contribution is -0.126. The number of nitrogens with zero attached hydrogens (tertiary/aromatic N) is 6. The molecule has 204 valence electrons. The molecule has 0 aromatic carbocycles. The fourth-order valence-corrected chi connectivity index (χ4v) is 5.18. The lowest BCUT2D eigenvalue weighted by atomic mass is 9.93. The molecular weight excluding hydrogens is 513 g/mol. The maximum absolute atomic E-state index is 13.3. The summed E-state index contributed by atoms with van der Waals surface area (Å²) >= 11 is 0. The summed E-state index contributed by atoms with van der Waals surface area (Å²) in [4.78, 5) is 26.8. The van der Waals surface area contributed by atoms with E-state index < -0.39 is 17.3 Å². The number of nitrogens with one attached hydrogen (secondary N) is 3. The van der Waals surface area contributed by atoms with Crippen molar-refractivity contribution in [3.8, 4) is 5.82 Å². The van der Waals surface area contributed by atoms with Crippen LogP contribution in [0.2, 0.25) is 0 Å². The van der Waals surface area contributed by atoms with Crippen molar-refractivity contribution in [1.29, 1.82) is 0 Å². The molecular formula is C28H28FN9O2. The van der Waals surface area contributed by atoms with E-state index in [1.54, 1.807) is 18.5 Å². The Balaban J connectivity index is 1.18. The highest BCUT2D eigenvalue weighted by atomic mass is 19.1. The molecule has 0 saturated heterocycles. The maximum Gasteiger partial charge on any atom is 0.223 e. The number of rotatable bonds is 7. The van der Waals surface area contributed by atoms with Crippen molar-refractivity contribution in [3.05, 3.63) is 84.0 Å². The third-order valence-electron chi connectivity index (χ3n) is 7.27. The van der Waals surface area contributed by atoms with E-state index in [1.165, 1.54) is 10.9 Å². The van der Waals surface area contributed by atoms with Gasteiger partial charge in [0.1, 0.15) is 17.1 Å². The standard InChI is InChI=1S/C28H28FN9O2/c1-16-10-23(37-36-16)34-22-11-18-4-3-9-30-25(18)26(35-22)28(40)8-7-19(12-28)27(39)33-17(2)20-5-6-24(31-13-20)38-15-21(29)14-32-38/h3-6,9-11,13-15,17,19,40H,7-8,12H2,1-2H3,(H,33,39)(H2,34,35,36,37)/t17-,19?,28?/m0/s1. The van der Waals surface area contributed by atoms with Gasteiger partial charge in [-0.25, -0.2) is 19.0 Å². The first kappa shape index (κ1) is 25.6. The molecule has 40 heavy (non-hydrogen) atoms. The molecule has 5 aromatic heterocycles. The van der Waals surface area contributed by atoms with Crippen LogP contribution in [0, 0.1) is 18.7 Å². The Morgan fingerprint density at radius 3 is 2.83 bits per heavy atom. The van der Waals surface area contributed by atoms with Crippen molar-refractivity contribution in [1.82, 2.24) is 40.2 Å². The fraction of sp³-hybridized carbons (Fsp3) is 0.286. The van der Waals surface area contributed by atoms with E-state index in [9.17, 15) is 14.3 Å². The molecule has 1 aliphatic carbocycles. The zero-order valence-electron chi connectivity index (χ0n) is 22.0. The lowest BCUT2D eigenvalue weighted by Crippen LogP contribution is -2.33. The summed E-state index contributed by atoms with van der Waals surface area (Å²) in [5.41, 5.74) is 1.43. The number of aromatic amines is 1. The van der Waals surface area contributed by atoms with Gasteiger partial charge in [-0.15, -0.1) is 0 Å². The number of amides is 1. The van der Waals surface area contributed by atoms with Gasteiger partial charge in [0.2, 0.25) is 5.91 Å². The summed E-state index contributed by atoms with van der Waals surface area (Å²) < 4.78 is 14.6. The van der Waals surface area contributed by atoms with Gasteiger partial charge < -0.3 is 15.7 Å². The SMILES string of the molecule is Cc1cc(Nc2cc3cccnc3c(C3(O)CCC(C(=O)N[C@@H](C)c4ccc(-n5cc(F)cn5)nc4)C3)n2)n[nH]1. The first-order valence-electron chi connectivity index (χ1n) is 13.0. The van der Waals surface area contributed by atoms with Crippen LogP contribution in [0.5, 0.6) is 0 Å². The van der Waals surface area contributed by atoms with Crippen LogP contribution < -0.4 is 10.6 Å². The highest BCUT2D eigenvalue weighted by Crippen LogP contribution is 2.44. The van der Waals surface area contributed by atoms with E-state index in [4.69, 9.17) is 4.98 Å². The molecule has 5 aromatic rings. The van der Waals surface area contributed by atoms with Crippen LogP contribution in [0.3, 0.4) is 0 Å². The molecule has 0 radical (unpaired) electrons. The lowest BCUT2D eigenvalue weighted by Gasteiger charge is -2.24. The Bertz CT molecular complexity index is 1680. The first-order chi connectivity index (χ1) is 19.3. The Labute approximate surface area is 228 Å². The van der Waals surface area contributed by atoms with E-state index in [-0.39, 0.29) is 18.4 Å². The average Bonchev–Trinajstić information content (AvgIpc) is 3.68. The number of aliphatic hydroxyl groups is 1. The quantitative estimate of drug-likeness (QED) is 0.242. The number of halogens is 1. The molecule has 12 heteroatoms. The zero-order chi connectivity index (χ0) is 27.9. The van der Waals surface area contributed by atoms with Crippen LogP contribution in [0.4, 0.5) is 16.0 Å². The highest BCUT2D eigenvalue weighted by molar-refractivity contribution is 5.85. The molecule has 2 unspecified atom stereocenters. The van der Waals surface area contributed by atoms with Crippen molar-refractivity contribution in [2.24, 2.45) is 5.92 Å². The van der Waals surface area contributed by atoms with Crippen molar-refractivity contribution in [3.63, 3.8) is 0 Å². The minimum atomic E-state index is -1.32. The van der Waals surface area contributed by atoms with Crippen molar-refractivity contribution < 1.29 is 14.3 Å². The third kappa shape index (κ3) is 5.00. The van der Waals surface area contributed by atoms with Gasteiger partial charge in [-0.1, -0.05) is 12.1 Å². The van der Waals surface area contributed by atoms with Gasteiger partial charge >= 0.3 is 0 Å². The highest BCUT2D eigenvalue weighted by Gasteiger charge is 2.44. The Kier molecular flexibility index (Phi) is 6.46. The number of carbonyl (C=O) groups excluding carboxylic acids is 1. The van der Waals surface area contributed by atoms with Crippen LogP contribution >= 0.6 is 0 Å². The van der Waals surface area contributed by atoms with E-state index in [2.05, 4.69) is 35.9 Å². The Hall–Kier alpha value is -4.71. The Morgan fingerprint density at radius 2 is 2.10 bits per heavy atom. The minimum Gasteiger partial charge on any atom is -0.383 e. The van der Waals surface area contributed by atoms with Gasteiger partial charge in [-0.2, -0.15) is 10.2 Å². The van der Waals surface area contributed by atoms with Gasteiger partial charge in [0, 0.05) is 35.5 Å². The van der Waals surface area contributed by atoms with Crippen molar-refractivity contribution >= 4 is 28.4 Å². The molecule has 0 bridgehead atoms. The van der Waals surface area contributed by atoms with E-state index in [0.717, 1.165) is 22.8 Å². The number of carbonyl (C=O) groups is 1. The molecule has 0 aliphatic heterocycles. The van der Waals surface area contributed by atoms with Crippen LogP contribution in [0.15, 0.2) is 61.2 Å². The number of aromatic nitrogens is 7. The average molecular weight is 542 g/mol. The van der Waals surface area contributed by atoms with Crippen LogP contribution in [0.25, 0.3) is 16.7 Å². The number of fused-ring (bicyclic) bond motifs is 1. The van der Waals surface area contributed by atoms with Gasteiger partial charge in [0.25, 0.3) is 0 Å². The summed E-state index contributed by atoms with van der Waals surface area (Å²) in [7, 11) is 0. The molecule has 1 aliphatic rings. The molecule has 5 heterocycles. The molecule has 4 N–H and O–H groups in total. The minimum absolute atomic E-state index is 0.153. The predicted molar refractivity (Wildman–Crippen MR) is 145 cm³/mol. The molecule has 11 nitrogen and oxygen atoms in total. The van der Waals surface area contributed by atoms with E-state index >= 15 is 0 Å². The van der Waals surface area contributed by atoms with E-state index in [0.29, 0.717) is 41.5 Å². The van der Waals surface area contributed by atoms with Crippen LogP contribution in [-0.2, 0) is 10.4 Å². The van der Waals surface area contributed by atoms with Crippen LogP contribution in [-0.4, -0.2) is 45.9 Å². The second-order valence-electron chi connectivity index (χ2n) is 10.2. The number of hydrogen-bond donors (Lipinski definition) is 4. The van der Waals surface area contributed by atoms with Gasteiger partial charge in [-0.05, 0) is 56.9 Å². The zero-order valence-corrected chi connectivity index (χ0v) is 22.0. The predicted octanol–water partition coefficient (Wildman–Crippen LogP) is 3.99. The maximum atomic E-state index is 13.3. The smallest absolute Gasteiger partial charge is 0.223 e. The number of hydrogen-bond acceptors (Lipinski definition) is 8. The summed E-state index contributed by atoms with van der Waals surface area (Å²) in [6.45, 7) is 3.78. The number of aryl methyl sites for hydroxylation is 1. The van der Waals surface area contributed by atoms with Gasteiger partial charge in [0.05, 0.1) is 24.0 Å². The summed E-state index contributed by atoms with van der Waals surface area (Å²) in [6, 6.07) is 10.7. The second kappa shape index (κ2) is 10.1. The topological polar surface area (TPSA) is 147 Å². The van der Waals surface area contributed by atoms with E-state index in [1.807, 2.05) is 44.2 Å². The molecule has 1 saturated carbocycles. The molecule has 6 rings (SSSR count). The van der Waals surface area contributed by atoms with Gasteiger partial charge in [0.15, 0.2) is 17.5 Å². The summed E-state index contributed by atoms with van der Waals surface area (Å²) in [5.74, 6) is 0.615. The third-order valence-corrected chi connectivity index (χ3v) is 7.27. The number of H-pyrrole nitrogens is 1. The normalized spacial score (nSPS) is 19.6. The molecule has 0 spiro atoms. The molecule has 3 atom stereocenters. The summed E-state index contributed by atoms with van der Waals surface area (Å²) in [6.07, 6.45) is 6.75. The molecule has 1 amide bonds. The Morgan fingerprint density at radius 1 is 1.23 bits per heavy atom. The van der Waals surface area contributed by atoms with Crippen molar-refractivity contribution in [2.45, 2.75) is 44.8 Å². The fourth-order valence-electron chi connectivity index (χ4n) is 5.18. The van der Waals surface area contributed by atoms with Crippen LogP contribution in [0.1, 0.15) is 49.2 Å². The monoisotopic (exact) mass is 541 g/mol. The number of pyridine rings is 3. The summed E-state index contributed by atoms with van der Waals surface area (Å²) in [5, 5.41) is 29.9. The largest absolute Gasteiger partial charge is 0.383 e. The second-order valence-corrected chi connectivity index (χ2v) is 10.2. The number of anilines is 2. The van der Waals surface area contributed by atoms with Gasteiger partial charge in [-0.3, -0.25) is 14.9 Å². The van der Waals surface area contributed by atoms with Crippen molar-refractivity contribution in [2.75, 3.05) is 5.32 Å².